The highest BCUT2D eigenvalue weighted by Gasteiger charge is 2.25. The lowest BCUT2D eigenvalue weighted by Crippen LogP contribution is -2.35. The van der Waals surface area contributed by atoms with Crippen LogP contribution in [-0.4, -0.2) is 34.5 Å². The van der Waals surface area contributed by atoms with Gasteiger partial charge in [-0.1, -0.05) is 34.1 Å². The molecule has 3 rings (SSSR count). The van der Waals surface area contributed by atoms with E-state index >= 15 is 0 Å². The summed E-state index contributed by atoms with van der Waals surface area (Å²) >= 11 is 3.65. The molecule has 0 saturated carbocycles. The smallest absolute Gasteiger partial charge is 0.161 e. The molecule has 0 saturated heterocycles. The molecule has 3 aromatic carbocycles. The van der Waals surface area contributed by atoms with E-state index in [9.17, 15) is 0 Å². The SMILES string of the molecule is COc1ccc(N[C@H](c2ccccc2OC)[C@@H](N)Cc2cc(OC)c(OC)cc2Br)cc1. The van der Waals surface area contributed by atoms with Gasteiger partial charge in [0.25, 0.3) is 0 Å². The Morgan fingerprint density at radius 1 is 0.812 bits per heavy atom. The lowest BCUT2D eigenvalue weighted by atomic mass is 9.93. The molecule has 0 fully saturated rings. The van der Waals surface area contributed by atoms with Crippen molar-refractivity contribution >= 4 is 21.6 Å². The Balaban J connectivity index is 1.95. The minimum atomic E-state index is -0.275. The molecule has 0 aliphatic heterocycles. The Bertz CT molecular complexity index is 1030. The average molecular weight is 501 g/mol. The number of hydrogen-bond donors (Lipinski definition) is 2. The van der Waals surface area contributed by atoms with E-state index in [4.69, 9.17) is 24.7 Å². The second kappa shape index (κ2) is 11.1. The Hall–Kier alpha value is -2.90. The van der Waals surface area contributed by atoms with Crippen molar-refractivity contribution < 1.29 is 18.9 Å². The van der Waals surface area contributed by atoms with E-state index < -0.39 is 0 Å². The third-order valence-electron chi connectivity index (χ3n) is 5.32. The van der Waals surface area contributed by atoms with Crippen LogP contribution in [0, 0.1) is 0 Å². The van der Waals surface area contributed by atoms with Gasteiger partial charge in [0.1, 0.15) is 11.5 Å². The summed E-state index contributed by atoms with van der Waals surface area (Å²) in [7, 11) is 6.56. The molecule has 7 heteroatoms. The van der Waals surface area contributed by atoms with Crippen molar-refractivity contribution in [3.63, 3.8) is 0 Å². The number of para-hydroxylation sites is 1. The van der Waals surface area contributed by atoms with Gasteiger partial charge in [0.2, 0.25) is 0 Å². The summed E-state index contributed by atoms with van der Waals surface area (Å²) in [5, 5.41) is 3.58. The predicted molar refractivity (Wildman–Crippen MR) is 131 cm³/mol. The maximum absolute atomic E-state index is 6.80. The topological polar surface area (TPSA) is 75.0 Å². The molecular formula is C25H29BrN2O4. The number of benzene rings is 3. The van der Waals surface area contributed by atoms with Crippen LogP contribution in [0.2, 0.25) is 0 Å². The van der Waals surface area contributed by atoms with Crippen molar-refractivity contribution in [3.8, 4) is 23.0 Å². The fourth-order valence-electron chi connectivity index (χ4n) is 3.63. The highest BCUT2D eigenvalue weighted by Crippen LogP contribution is 2.36. The van der Waals surface area contributed by atoms with Crippen LogP contribution in [0.5, 0.6) is 23.0 Å². The zero-order chi connectivity index (χ0) is 23.1. The van der Waals surface area contributed by atoms with Crippen LogP contribution in [0.1, 0.15) is 17.2 Å². The minimum absolute atomic E-state index is 0.209. The van der Waals surface area contributed by atoms with Gasteiger partial charge >= 0.3 is 0 Å². The molecule has 170 valence electrons. The summed E-state index contributed by atoms with van der Waals surface area (Å²) in [5.41, 5.74) is 9.74. The number of hydrogen-bond acceptors (Lipinski definition) is 6. The number of ether oxygens (including phenoxy) is 4. The van der Waals surface area contributed by atoms with E-state index in [2.05, 4.69) is 21.2 Å². The van der Waals surface area contributed by atoms with Gasteiger partial charge in [0.15, 0.2) is 11.5 Å². The maximum atomic E-state index is 6.80. The Labute approximate surface area is 197 Å². The van der Waals surface area contributed by atoms with Gasteiger partial charge in [0.05, 0.1) is 34.5 Å². The normalized spacial score (nSPS) is 12.6. The van der Waals surface area contributed by atoms with Crippen LogP contribution < -0.4 is 30.0 Å². The van der Waals surface area contributed by atoms with E-state index in [0.29, 0.717) is 17.9 Å². The van der Waals surface area contributed by atoms with E-state index in [-0.39, 0.29) is 12.1 Å². The minimum Gasteiger partial charge on any atom is -0.497 e. The molecule has 0 aliphatic rings. The molecular weight excluding hydrogens is 472 g/mol. The fourth-order valence-corrected chi connectivity index (χ4v) is 4.11. The average Bonchev–Trinajstić information content (AvgIpc) is 2.83. The molecule has 3 N–H and O–H groups in total. The molecule has 0 bridgehead atoms. The summed E-state index contributed by atoms with van der Waals surface area (Å²) in [6.45, 7) is 0. The molecule has 3 aromatic rings. The van der Waals surface area contributed by atoms with E-state index in [1.165, 1.54) is 0 Å². The Kier molecular flexibility index (Phi) is 8.25. The van der Waals surface area contributed by atoms with Crippen molar-refractivity contribution in [1.29, 1.82) is 0 Å². The first-order chi connectivity index (χ1) is 15.5. The summed E-state index contributed by atoms with van der Waals surface area (Å²) in [5.74, 6) is 2.90. The number of nitrogens with one attached hydrogen (secondary N) is 1. The molecule has 0 amide bonds. The number of nitrogens with two attached hydrogens (primary N) is 1. The van der Waals surface area contributed by atoms with Crippen LogP contribution in [0.4, 0.5) is 5.69 Å². The van der Waals surface area contributed by atoms with Gasteiger partial charge in [0, 0.05) is 21.8 Å². The zero-order valence-electron chi connectivity index (χ0n) is 18.7. The summed E-state index contributed by atoms with van der Waals surface area (Å²) in [6, 6.07) is 19.0. The zero-order valence-corrected chi connectivity index (χ0v) is 20.3. The second-order valence-electron chi connectivity index (χ2n) is 7.26. The maximum Gasteiger partial charge on any atom is 0.161 e. The second-order valence-corrected chi connectivity index (χ2v) is 8.11. The van der Waals surface area contributed by atoms with Crippen LogP contribution in [-0.2, 0) is 6.42 Å². The Morgan fingerprint density at radius 2 is 1.44 bits per heavy atom. The van der Waals surface area contributed by atoms with Crippen molar-refractivity contribution in [1.82, 2.24) is 0 Å². The third kappa shape index (κ3) is 5.47. The first kappa shape index (κ1) is 23.8. The standard InChI is InChI=1S/C25H29BrN2O4/c1-29-18-11-9-17(10-12-18)28-25(19-7-5-6-8-22(19)30-2)21(27)13-16-14-23(31-3)24(32-4)15-20(16)26/h5-12,14-15,21,25,28H,13,27H2,1-4H3/t21-,25+/m0/s1. The van der Waals surface area contributed by atoms with Crippen molar-refractivity contribution in [3.05, 3.63) is 76.3 Å². The van der Waals surface area contributed by atoms with E-state index in [0.717, 1.165) is 32.8 Å². The summed E-state index contributed by atoms with van der Waals surface area (Å²) in [6.07, 6.45) is 0.590. The highest BCUT2D eigenvalue weighted by molar-refractivity contribution is 9.10. The van der Waals surface area contributed by atoms with Gasteiger partial charge in [-0.05, 0) is 54.4 Å². The molecule has 0 aliphatic carbocycles. The van der Waals surface area contributed by atoms with Crippen LogP contribution in [0.15, 0.2) is 65.1 Å². The number of anilines is 1. The van der Waals surface area contributed by atoms with Gasteiger partial charge in [-0.2, -0.15) is 0 Å². The highest BCUT2D eigenvalue weighted by atomic mass is 79.9. The molecule has 32 heavy (non-hydrogen) atoms. The molecule has 6 nitrogen and oxygen atoms in total. The fraction of sp³-hybridized carbons (Fsp3) is 0.280. The lowest BCUT2D eigenvalue weighted by molar-refractivity contribution is 0.354. The molecule has 0 unspecified atom stereocenters. The van der Waals surface area contributed by atoms with Gasteiger partial charge in [-0.25, -0.2) is 0 Å². The number of methoxy groups -OCH3 is 4. The van der Waals surface area contributed by atoms with Gasteiger partial charge < -0.3 is 30.0 Å². The van der Waals surface area contributed by atoms with Crippen molar-refractivity contribution in [2.24, 2.45) is 5.73 Å². The number of rotatable bonds is 10. The quantitative estimate of drug-likeness (QED) is 0.398. The molecule has 2 atom stereocenters. The number of halogens is 1. The largest absolute Gasteiger partial charge is 0.497 e. The predicted octanol–water partition coefficient (Wildman–Crippen LogP) is 5.21. The summed E-state index contributed by atoms with van der Waals surface area (Å²) in [4.78, 5) is 0. The Morgan fingerprint density at radius 3 is 2.06 bits per heavy atom. The van der Waals surface area contributed by atoms with Crippen molar-refractivity contribution in [2.75, 3.05) is 33.8 Å². The molecule has 0 heterocycles. The van der Waals surface area contributed by atoms with Gasteiger partial charge in [-0.15, -0.1) is 0 Å². The van der Waals surface area contributed by atoms with Crippen LogP contribution >= 0.6 is 15.9 Å². The third-order valence-corrected chi connectivity index (χ3v) is 6.06. The van der Waals surface area contributed by atoms with Gasteiger partial charge in [-0.3, -0.25) is 0 Å². The first-order valence-electron chi connectivity index (χ1n) is 10.2. The molecule has 0 aromatic heterocycles. The molecule has 0 radical (unpaired) electrons. The lowest BCUT2D eigenvalue weighted by Gasteiger charge is -2.28. The monoisotopic (exact) mass is 500 g/mol. The van der Waals surface area contributed by atoms with Crippen LogP contribution in [0.3, 0.4) is 0 Å². The molecule has 0 spiro atoms. The van der Waals surface area contributed by atoms with E-state index in [1.807, 2.05) is 60.7 Å². The van der Waals surface area contributed by atoms with Crippen molar-refractivity contribution in [2.45, 2.75) is 18.5 Å². The van der Waals surface area contributed by atoms with E-state index in [1.54, 1.807) is 28.4 Å². The summed E-state index contributed by atoms with van der Waals surface area (Å²) < 4.78 is 22.7. The first-order valence-corrected chi connectivity index (χ1v) is 11.0. The van der Waals surface area contributed by atoms with Crippen LogP contribution in [0.25, 0.3) is 0 Å².